The van der Waals surface area contributed by atoms with Crippen LogP contribution >= 0.6 is 0 Å². The minimum Gasteiger partial charge on any atom is -0.506 e. The van der Waals surface area contributed by atoms with Crippen LogP contribution in [0.4, 0.5) is 0 Å². The highest BCUT2D eigenvalue weighted by molar-refractivity contribution is 5.45. The summed E-state index contributed by atoms with van der Waals surface area (Å²) in [6.07, 6.45) is 0. The maximum atomic E-state index is 10.3. The van der Waals surface area contributed by atoms with Crippen molar-refractivity contribution in [2.75, 3.05) is 0 Å². The molecule has 0 spiro atoms. The Hall–Kier alpha value is -2.61. The van der Waals surface area contributed by atoms with Gasteiger partial charge < -0.3 is 5.11 Å². The lowest BCUT2D eigenvalue weighted by Gasteiger charge is -2.19. The molecule has 0 atom stereocenters. The zero-order valence-electron chi connectivity index (χ0n) is 11.9. The molecule has 104 valence electrons. The molecule has 2 nitrogen and oxygen atoms in total. The quantitative estimate of drug-likeness (QED) is 0.774. The molecule has 1 heterocycles. The van der Waals surface area contributed by atoms with E-state index in [1.807, 2.05) is 49.4 Å². The molecular formula is C19H17NO. The molecule has 0 aliphatic rings. The van der Waals surface area contributed by atoms with Gasteiger partial charge in [0.15, 0.2) is 0 Å². The molecule has 3 aromatic rings. The predicted octanol–water partition coefficient (Wildman–Crippen LogP) is 4.28. The van der Waals surface area contributed by atoms with Crippen molar-refractivity contribution < 1.29 is 5.11 Å². The standard InChI is InChI=1S/C19H17NO/c1-14-12-13-17(21)19(20-14)18(15-8-4-2-5-9-15)16-10-6-3-7-11-16/h2-13,18,21H,1H3. The Kier molecular flexibility index (Phi) is 3.69. The van der Waals surface area contributed by atoms with Crippen LogP contribution in [0.1, 0.15) is 28.4 Å². The van der Waals surface area contributed by atoms with Gasteiger partial charge in [0, 0.05) is 5.69 Å². The summed E-state index contributed by atoms with van der Waals surface area (Å²) >= 11 is 0. The van der Waals surface area contributed by atoms with Gasteiger partial charge in [-0.2, -0.15) is 0 Å². The molecule has 1 N–H and O–H groups in total. The fourth-order valence-electron chi connectivity index (χ4n) is 2.58. The van der Waals surface area contributed by atoms with Crippen molar-refractivity contribution >= 4 is 0 Å². The van der Waals surface area contributed by atoms with Gasteiger partial charge in [-0.15, -0.1) is 0 Å². The zero-order valence-corrected chi connectivity index (χ0v) is 11.9. The van der Waals surface area contributed by atoms with Crippen molar-refractivity contribution in [3.63, 3.8) is 0 Å². The van der Waals surface area contributed by atoms with E-state index in [-0.39, 0.29) is 11.7 Å². The summed E-state index contributed by atoms with van der Waals surface area (Å²) in [5.74, 6) is 0.172. The van der Waals surface area contributed by atoms with Gasteiger partial charge in [-0.3, -0.25) is 4.98 Å². The molecule has 21 heavy (non-hydrogen) atoms. The number of aromatic nitrogens is 1. The first-order valence-electron chi connectivity index (χ1n) is 7.02. The molecule has 0 aliphatic carbocycles. The first-order chi connectivity index (χ1) is 10.3. The van der Waals surface area contributed by atoms with E-state index in [2.05, 4.69) is 29.2 Å². The van der Waals surface area contributed by atoms with E-state index < -0.39 is 0 Å². The maximum absolute atomic E-state index is 10.3. The van der Waals surface area contributed by atoms with E-state index in [1.165, 1.54) is 0 Å². The zero-order chi connectivity index (χ0) is 14.7. The van der Waals surface area contributed by atoms with E-state index in [0.717, 1.165) is 16.8 Å². The van der Waals surface area contributed by atoms with Crippen LogP contribution in [0.25, 0.3) is 0 Å². The highest BCUT2D eigenvalue weighted by atomic mass is 16.3. The minimum absolute atomic E-state index is 0.0627. The number of hydrogen-bond acceptors (Lipinski definition) is 2. The number of aryl methyl sites for hydroxylation is 1. The van der Waals surface area contributed by atoms with E-state index in [1.54, 1.807) is 6.07 Å². The number of aromatic hydroxyl groups is 1. The largest absolute Gasteiger partial charge is 0.506 e. The number of pyridine rings is 1. The van der Waals surface area contributed by atoms with E-state index in [4.69, 9.17) is 0 Å². The molecule has 0 fully saturated rings. The summed E-state index contributed by atoms with van der Waals surface area (Å²) in [6.45, 7) is 1.94. The fourth-order valence-corrected chi connectivity index (χ4v) is 2.58. The molecule has 0 radical (unpaired) electrons. The summed E-state index contributed by atoms with van der Waals surface area (Å²) in [5, 5.41) is 10.3. The lowest BCUT2D eigenvalue weighted by atomic mass is 9.87. The Morgan fingerprint density at radius 1 is 0.762 bits per heavy atom. The van der Waals surface area contributed by atoms with Gasteiger partial charge in [0.05, 0.1) is 11.6 Å². The van der Waals surface area contributed by atoms with Gasteiger partial charge in [0.25, 0.3) is 0 Å². The summed E-state index contributed by atoms with van der Waals surface area (Å²) in [6, 6.07) is 23.9. The van der Waals surface area contributed by atoms with Crippen molar-refractivity contribution in [2.24, 2.45) is 0 Å². The summed E-state index contributed by atoms with van der Waals surface area (Å²) < 4.78 is 0. The van der Waals surface area contributed by atoms with Crippen molar-refractivity contribution in [3.05, 3.63) is 95.3 Å². The van der Waals surface area contributed by atoms with Crippen LogP contribution in [0.15, 0.2) is 72.8 Å². The Morgan fingerprint density at radius 2 is 1.29 bits per heavy atom. The molecule has 0 saturated heterocycles. The number of benzene rings is 2. The van der Waals surface area contributed by atoms with Crippen LogP contribution in [0, 0.1) is 6.92 Å². The lowest BCUT2D eigenvalue weighted by Crippen LogP contribution is -2.06. The Morgan fingerprint density at radius 3 is 1.81 bits per heavy atom. The predicted molar refractivity (Wildman–Crippen MR) is 84.5 cm³/mol. The molecule has 1 aromatic heterocycles. The van der Waals surface area contributed by atoms with Crippen LogP contribution in [-0.4, -0.2) is 10.1 Å². The molecule has 2 heteroatoms. The SMILES string of the molecule is Cc1ccc(O)c(C(c2ccccc2)c2ccccc2)n1. The van der Waals surface area contributed by atoms with Gasteiger partial charge in [-0.1, -0.05) is 60.7 Å². The fraction of sp³-hybridized carbons (Fsp3) is 0.105. The molecule has 2 aromatic carbocycles. The summed E-state index contributed by atoms with van der Waals surface area (Å²) in [5.41, 5.74) is 3.85. The molecule has 0 amide bonds. The van der Waals surface area contributed by atoms with Crippen LogP contribution in [-0.2, 0) is 0 Å². The minimum atomic E-state index is -0.0627. The topological polar surface area (TPSA) is 33.1 Å². The van der Waals surface area contributed by atoms with E-state index >= 15 is 0 Å². The third kappa shape index (κ3) is 2.79. The van der Waals surface area contributed by atoms with Crippen molar-refractivity contribution in [2.45, 2.75) is 12.8 Å². The molecule has 0 unspecified atom stereocenters. The Bertz CT molecular complexity index is 684. The van der Waals surface area contributed by atoms with Crippen LogP contribution in [0.3, 0.4) is 0 Å². The van der Waals surface area contributed by atoms with E-state index in [9.17, 15) is 5.11 Å². The molecule has 0 aliphatic heterocycles. The van der Waals surface area contributed by atoms with Gasteiger partial charge in [-0.05, 0) is 30.2 Å². The van der Waals surface area contributed by atoms with Gasteiger partial charge >= 0.3 is 0 Å². The smallest absolute Gasteiger partial charge is 0.138 e. The number of rotatable bonds is 3. The normalized spacial score (nSPS) is 10.8. The maximum Gasteiger partial charge on any atom is 0.138 e. The summed E-state index contributed by atoms with van der Waals surface area (Å²) in [7, 11) is 0. The third-order valence-corrected chi connectivity index (χ3v) is 3.58. The highest BCUT2D eigenvalue weighted by Gasteiger charge is 2.21. The average Bonchev–Trinajstić information content (AvgIpc) is 2.53. The van der Waals surface area contributed by atoms with E-state index in [0.29, 0.717) is 5.69 Å². The van der Waals surface area contributed by atoms with Crippen molar-refractivity contribution in [1.82, 2.24) is 4.98 Å². The third-order valence-electron chi connectivity index (χ3n) is 3.58. The number of hydrogen-bond donors (Lipinski definition) is 1. The molecule has 3 rings (SSSR count). The monoisotopic (exact) mass is 275 g/mol. The Balaban J connectivity index is 2.20. The summed E-state index contributed by atoms with van der Waals surface area (Å²) in [4.78, 5) is 4.58. The van der Waals surface area contributed by atoms with Gasteiger partial charge in [0.1, 0.15) is 5.75 Å². The van der Waals surface area contributed by atoms with Gasteiger partial charge in [-0.25, -0.2) is 0 Å². The van der Waals surface area contributed by atoms with Crippen LogP contribution in [0.5, 0.6) is 5.75 Å². The molecule has 0 saturated carbocycles. The van der Waals surface area contributed by atoms with Crippen molar-refractivity contribution in [1.29, 1.82) is 0 Å². The highest BCUT2D eigenvalue weighted by Crippen LogP contribution is 2.35. The lowest BCUT2D eigenvalue weighted by molar-refractivity contribution is 0.462. The van der Waals surface area contributed by atoms with Crippen LogP contribution < -0.4 is 0 Å². The molecule has 0 bridgehead atoms. The second kappa shape index (κ2) is 5.80. The first-order valence-corrected chi connectivity index (χ1v) is 7.02. The average molecular weight is 275 g/mol. The second-order valence-corrected chi connectivity index (χ2v) is 5.11. The number of nitrogens with zero attached hydrogens (tertiary/aromatic N) is 1. The second-order valence-electron chi connectivity index (χ2n) is 5.11. The molecular weight excluding hydrogens is 258 g/mol. The van der Waals surface area contributed by atoms with Gasteiger partial charge in [0.2, 0.25) is 0 Å². The van der Waals surface area contributed by atoms with Crippen molar-refractivity contribution in [3.8, 4) is 5.75 Å². The van der Waals surface area contributed by atoms with Crippen LogP contribution in [0.2, 0.25) is 0 Å². The first kappa shape index (κ1) is 13.4. The Labute approximate surface area is 124 Å².